The number of hydrogen-bond donors (Lipinski definition) is 2. The molecule has 0 saturated carbocycles. The Labute approximate surface area is 131 Å². The number of rotatable bonds is 4. The summed E-state index contributed by atoms with van der Waals surface area (Å²) in [6.45, 7) is 0.694. The largest absolute Gasteiger partial charge is 0.493 e. The van der Waals surface area contributed by atoms with Crippen LogP contribution in [-0.4, -0.2) is 12.5 Å². The normalized spacial score (nSPS) is 14.1. The van der Waals surface area contributed by atoms with Crippen molar-refractivity contribution in [3.05, 3.63) is 58.1 Å². The van der Waals surface area contributed by atoms with E-state index in [1.54, 1.807) is 0 Å². The Morgan fingerprint density at radius 3 is 2.90 bits per heavy atom. The molecular formula is C16H15BrN2O2. The first kappa shape index (κ1) is 13.9. The minimum absolute atomic E-state index is 0.408. The molecule has 3 N–H and O–H groups in total. The van der Waals surface area contributed by atoms with Crippen LogP contribution in [0.25, 0.3) is 0 Å². The molecule has 1 aliphatic heterocycles. The summed E-state index contributed by atoms with van der Waals surface area (Å²) in [5, 5.41) is 3.18. The fourth-order valence-electron chi connectivity index (χ4n) is 2.45. The number of primary amides is 1. The lowest BCUT2D eigenvalue weighted by atomic mass is 10.0. The summed E-state index contributed by atoms with van der Waals surface area (Å²) in [5.74, 6) is 0.485. The van der Waals surface area contributed by atoms with Gasteiger partial charge < -0.3 is 15.8 Å². The van der Waals surface area contributed by atoms with Crippen LogP contribution in [0.5, 0.6) is 5.75 Å². The number of anilines is 1. The number of nitrogens with two attached hydrogens (primary N) is 1. The molecule has 1 atom stereocenters. The van der Waals surface area contributed by atoms with Crippen LogP contribution in [0.15, 0.2) is 46.9 Å². The van der Waals surface area contributed by atoms with Crippen LogP contribution in [0.1, 0.15) is 17.2 Å². The molecule has 0 saturated heterocycles. The Morgan fingerprint density at radius 1 is 1.29 bits per heavy atom. The van der Waals surface area contributed by atoms with Crippen LogP contribution < -0.4 is 15.8 Å². The molecule has 5 heteroatoms. The first-order valence-electron chi connectivity index (χ1n) is 6.70. The monoisotopic (exact) mass is 346 g/mol. The highest BCUT2D eigenvalue weighted by Crippen LogP contribution is 2.29. The van der Waals surface area contributed by atoms with Crippen molar-refractivity contribution in [3.8, 4) is 5.75 Å². The summed E-state index contributed by atoms with van der Waals surface area (Å²) in [6, 6.07) is 12.8. The van der Waals surface area contributed by atoms with Crippen LogP contribution in [0.4, 0.5) is 5.69 Å². The number of nitrogens with one attached hydrogen (secondary N) is 1. The molecule has 2 aromatic carbocycles. The molecule has 1 unspecified atom stereocenters. The molecule has 0 spiro atoms. The van der Waals surface area contributed by atoms with Gasteiger partial charge in [0.15, 0.2) is 0 Å². The van der Waals surface area contributed by atoms with Crippen LogP contribution >= 0.6 is 15.9 Å². The fraction of sp³-hybridized carbons (Fsp3) is 0.188. The van der Waals surface area contributed by atoms with E-state index >= 15 is 0 Å². The van der Waals surface area contributed by atoms with Gasteiger partial charge in [-0.15, -0.1) is 0 Å². The zero-order valence-electron chi connectivity index (χ0n) is 11.3. The third-order valence-electron chi connectivity index (χ3n) is 3.47. The molecule has 3 rings (SSSR count). The molecule has 1 heterocycles. The van der Waals surface area contributed by atoms with E-state index in [2.05, 4.69) is 21.2 Å². The van der Waals surface area contributed by atoms with Crippen molar-refractivity contribution in [1.82, 2.24) is 0 Å². The van der Waals surface area contributed by atoms with E-state index in [1.807, 2.05) is 42.5 Å². The third-order valence-corrected chi connectivity index (χ3v) is 3.96. The highest BCUT2D eigenvalue weighted by atomic mass is 79.9. The van der Waals surface area contributed by atoms with Crippen molar-refractivity contribution in [2.45, 2.75) is 12.5 Å². The Kier molecular flexibility index (Phi) is 3.84. The molecule has 108 valence electrons. The van der Waals surface area contributed by atoms with E-state index in [9.17, 15) is 4.79 Å². The van der Waals surface area contributed by atoms with Gasteiger partial charge in [-0.3, -0.25) is 4.79 Å². The first-order valence-corrected chi connectivity index (χ1v) is 7.50. The van der Waals surface area contributed by atoms with Gasteiger partial charge in [-0.25, -0.2) is 0 Å². The molecule has 2 aromatic rings. The summed E-state index contributed by atoms with van der Waals surface area (Å²) in [7, 11) is 0. The number of amides is 1. The molecule has 4 nitrogen and oxygen atoms in total. The van der Waals surface area contributed by atoms with Crippen molar-refractivity contribution in [2.24, 2.45) is 5.73 Å². The van der Waals surface area contributed by atoms with Crippen LogP contribution in [0.2, 0.25) is 0 Å². The molecule has 0 aromatic heterocycles. The summed E-state index contributed by atoms with van der Waals surface area (Å²) in [6.07, 6.45) is 0.867. The van der Waals surface area contributed by atoms with E-state index in [4.69, 9.17) is 10.5 Å². The van der Waals surface area contributed by atoms with E-state index in [1.165, 1.54) is 0 Å². The molecule has 1 aliphatic rings. The average Bonchev–Trinajstić information content (AvgIpc) is 2.92. The summed E-state index contributed by atoms with van der Waals surface area (Å²) in [5.41, 5.74) is 8.37. The number of ether oxygens (including phenoxy) is 1. The second kappa shape index (κ2) is 5.77. The van der Waals surface area contributed by atoms with Crippen molar-refractivity contribution in [3.63, 3.8) is 0 Å². The Hall–Kier alpha value is -2.01. The van der Waals surface area contributed by atoms with Gasteiger partial charge in [-0.1, -0.05) is 28.1 Å². The van der Waals surface area contributed by atoms with Crippen molar-refractivity contribution >= 4 is 27.5 Å². The SMILES string of the molecule is NC(=O)C(Nc1cccc(Br)c1)c1ccc2c(c1)CCO2. The zero-order chi connectivity index (χ0) is 14.8. The van der Waals surface area contributed by atoms with E-state index in [0.29, 0.717) is 6.61 Å². The first-order chi connectivity index (χ1) is 10.1. The maximum absolute atomic E-state index is 11.8. The quantitative estimate of drug-likeness (QED) is 0.894. The Morgan fingerprint density at radius 2 is 2.14 bits per heavy atom. The second-order valence-electron chi connectivity index (χ2n) is 4.96. The highest BCUT2D eigenvalue weighted by molar-refractivity contribution is 9.10. The lowest BCUT2D eigenvalue weighted by molar-refractivity contribution is -0.118. The smallest absolute Gasteiger partial charge is 0.244 e. The molecule has 1 amide bonds. The van der Waals surface area contributed by atoms with Crippen molar-refractivity contribution in [1.29, 1.82) is 0 Å². The number of benzene rings is 2. The maximum atomic E-state index is 11.8. The van der Waals surface area contributed by atoms with Crippen molar-refractivity contribution < 1.29 is 9.53 Å². The van der Waals surface area contributed by atoms with Gasteiger partial charge in [0.25, 0.3) is 0 Å². The van der Waals surface area contributed by atoms with Gasteiger partial charge in [0, 0.05) is 16.6 Å². The molecule has 0 radical (unpaired) electrons. The molecule has 0 bridgehead atoms. The standard InChI is InChI=1S/C16H15BrN2O2/c17-12-2-1-3-13(9-12)19-15(16(18)20)11-4-5-14-10(8-11)6-7-21-14/h1-5,8-9,15,19H,6-7H2,(H2,18,20). The predicted molar refractivity (Wildman–Crippen MR) is 85.3 cm³/mol. The van der Waals surface area contributed by atoms with Crippen LogP contribution in [-0.2, 0) is 11.2 Å². The summed E-state index contributed by atoms with van der Waals surface area (Å²) >= 11 is 3.41. The molecule has 0 fully saturated rings. The van der Waals surface area contributed by atoms with Crippen LogP contribution in [0, 0.1) is 0 Å². The highest BCUT2D eigenvalue weighted by Gasteiger charge is 2.21. The number of fused-ring (bicyclic) bond motifs is 1. The van der Waals surface area contributed by atoms with E-state index < -0.39 is 11.9 Å². The Balaban J connectivity index is 1.89. The summed E-state index contributed by atoms with van der Waals surface area (Å²) < 4.78 is 6.43. The number of hydrogen-bond acceptors (Lipinski definition) is 3. The van der Waals surface area contributed by atoms with Crippen molar-refractivity contribution in [2.75, 3.05) is 11.9 Å². The summed E-state index contributed by atoms with van der Waals surface area (Å²) in [4.78, 5) is 11.8. The van der Waals surface area contributed by atoms with Gasteiger partial charge in [0.2, 0.25) is 5.91 Å². The Bertz CT molecular complexity index is 688. The van der Waals surface area contributed by atoms with Crippen LogP contribution in [0.3, 0.4) is 0 Å². The van der Waals surface area contributed by atoms with Gasteiger partial charge >= 0.3 is 0 Å². The van der Waals surface area contributed by atoms with E-state index in [-0.39, 0.29) is 0 Å². The molecule has 0 aliphatic carbocycles. The minimum atomic E-state index is -0.565. The number of carbonyl (C=O) groups excluding carboxylic acids is 1. The fourth-order valence-corrected chi connectivity index (χ4v) is 2.85. The second-order valence-corrected chi connectivity index (χ2v) is 5.87. The maximum Gasteiger partial charge on any atom is 0.244 e. The van der Waals surface area contributed by atoms with Gasteiger partial charge in [0.1, 0.15) is 11.8 Å². The van der Waals surface area contributed by atoms with Gasteiger partial charge in [-0.2, -0.15) is 0 Å². The number of halogens is 1. The number of carbonyl (C=O) groups is 1. The minimum Gasteiger partial charge on any atom is -0.493 e. The average molecular weight is 347 g/mol. The lowest BCUT2D eigenvalue weighted by Gasteiger charge is -2.18. The lowest BCUT2D eigenvalue weighted by Crippen LogP contribution is -2.27. The third kappa shape index (κ3) is 3.03. The topological polar surface area (TPSA) is 64.4 Å². The zero-order valence-corrected chi connectivity index (χ0v) is 12.9. The predicted octanol–water partition coefficient (Wildman–Crippen LogP) is 3.02. The molecule has 21 heavy (non-hydrogen) atoms. The van der Waals surface area contributed by atoms with E-state index in [0.717, 1.165) is 33.5 Å². The van der Waals surface area contributed by atoms with Gasteiger partial charge in [0.05, 0.1) is 6.61 Å². The van der Waals surface area contributed by atoms with Gasteiger partial charge in [-0.05, 0) is 41.5 Å². The molecular weight excluding hydrogens is 332 g/mol.